The summed E-state index contributed by atoms with van der Waals surface area (Å²) in [7, 11) is 0. The molecule has 21 heavy (non-hydrogen) atoms. The van der Waals surface area contributed by atoms with E-state index in [0.717, 1.165) is 28.5 Å². The van der Waals surface area contributed by atoms with E-state index in [1.54, 1.807) is 30.5 Å². The van der Waals surface area contributed by atoms with E-state index in [1.807, 2.05) is 30.5 Å². The Balaban J connectivity index is 1.91. The Morgan fingerprint density at radius 3 is 2.10 bits per heavy atom. The number of H-pyrrole nitrogens is 1. The normalized spacial score (nSPS) is 12.0. The van der Waals surface area contributed by atoms with Gasteiger partial charge in [0.2, 0.25) is 0 Å². The number of rotatable bonds is 4. The van der Waals surface area contributed by atoms with E-state index in [1.165, 1.54) is 0 Å². The van der Waals surface area contributed by atoms with E-state index in [2.05, 4.69) is 10.2 Å². The lowest BCUT2D eigenvalue weighted by atomic mass is 9.91. The van der Waals surface area contributed by atoms with E-state index in [9.17, 15) is 9.90 Å². The van der Waals surface area contributed by atoms with E-state index < -0.39 is 0 Å². The molecule has 0 saturated carbocycles. The second-order valence-corrected chi connectivity index (χ2v) is 4.81. The monoisotopic (exact) mass is 278 g/mol. The van der Waals surface area contributed by atoms with Gasteiger partial charge in [-0.25, -0.2) is 0 Å². The lowest BCUT2D eigenvalue weighted by Gasteiger charge is -2.12. The highest BCUT2D eigenvalue weighted by Crippen LogP contribution is 2.26. The molecule has 0 spiro atoms. The van der Waals surface area contributed by atoms with Crippen LogP contribution in [0.5, 0.6) is 5.75 Å². The number of aromatic amines is 1. The first-order valence-electron chi connectivity index (χ1n) is 6.61. The van der Waals surface area contributed by atoms with Crippen molar-refractivity contribution in [1.82, 2.24) is 10.2 Å². The molecule has 104 valence electrons. The van der Waals surface area contributed by atoms with Crippen LogP contribution in [0, 0.1) is 0 Å². The third-order valence-corrected chi connectivity index (χ3v) is 3.49. The zero-order valence-corrected chi connectivity index (χ0v) is 11.2. The van der Waals surface area contributed by atoms with E-state index in [0.29, 0.717) is 0 Å². The molecule has 0 saturated heterocycles. The predicted molar refractivity (Wildman–Crippen MR) is 80.0 cm³/mol. The first kappa shape index (κ1) is 13.1. The molecule has 4 heteroatoms. The van der Waals surface area contributed by atoms with Crippen LogP contribution in [0.15, 0.2) is 60.9 Å². The van der Waals surface area contributed by atoms with Crippen molar-refractivity contribution in [2.24, 2.45) is 0 Å². The van der Waals surface area contributed by atoms with Crippen molar-refractivity contribution in [2.45, 2.75) is 5.92 Å². The smallest absolute Gasteiger partial charge is 0.131 e. The largest absolute Gasteiger partial charge is 0.508 e. The van der Waals surface area contributed by atoms with Crippen molar-refractivity contribution in [2.75, 3.05) is 0 Å². The minimum absolute atomic E-state index is 0.193. The molecule has 0 aliphatic carbocycles. The van der Waals surface area contributed by atoms with Crippen molar-refractivity contribution in [3.8, 4) is 16.9 Å². The number of hydrogen-bond acceptors (Lipinski definition) is 3. The van der Waals surface area contributed by atoms with E-state index in [-0.39, 0.29) is 11.7 Å². The quantitative estimate of drug-likeness (QED) is 0.721. The van der Waals surface area contributed by atoms with Crippen molar-refractivity contribution < 1.29 is 9.90 Å². The van der Waals surface area contributed by atoms with Gasteiger partial charge >= 0.3 is 0 Å². The number of aromatic nitrogens is 2. The maximum atomic E-state index is 11.4. The molecule has 0 bridgehead atoms. The van der Waals surface area contributed by atoms with Gasteiger partial charge in [0.25, 0.3) is 0 Å². The Morgan fingerprint density at radius 2 is 1.57 bits per heavy atom. The highest BCUT2D eigenvalue weighted by atomic mass is 16.3. The third-order valence-electron chi connectivity index (χ3n) is 3.49. The Bertz CT molecular complexity index is 716. The Labute approximate surface area is 122 Å². The van der Waals surface area contributed by atoms with Gasteiger partial charge in [0, 0.05) is 11.8 Å². The van der Waals surface area contributed by atoms with Crippen LogP contribution in [0.1, 0.15) is 17.0 Å². The molecular weight excluding hydrogens is 264 g/mol. The lowest BCUT2D eigenvalue weighted by Crippen LogP contribution is -2.02. The average molecular weight is 278 g/mol. The summed E-state index contributed by atoms with van der Waals surface area (Å²) in [5.41, 5.74) is 3.83. The summed E-state index contributed by atoms with van der Waals surface area (Å²) in [6.45, 7) is 0. The fourth-order valence-corrected chi connectivity index (χ4v) is 2.32. The summed E-state index contributed by atoms with van der Waals surface area (Å²) in [6, 6.07) is 14.5. The van der Waals surface area contributed by atoms with Crippen molar-refractivity contribution in [3.05, 3.63) is 72.1 Å². The first-order chi connectivity index (χ1) is 10.3. The average Bonchev–Trinajstić information content (AvgIpc) is 3.05. The molecule has 0 fully saturated rings. The summed E-state index contributed by atoms with van der Waals surface area (Å²) in [5.74, 6) is -0.136. The summed E-state index contributed by atoms with van der Waals surface area (Å²) >= 11 is 0. The van der Waals surface area contributed by atoms with Gasteiger partial charge < -0.3 is 9.90 Å². The Morgan fingerprint density at radius 1 is 0.952 bits per heavy atom. The molecule has 2 N–H and O–H groups in total. The van der Waals surface area contributed by atoms with Crippen LogP contribution in [-0.4, -0.2) is 21.6 Å². The number of phenols is 1. The molecular formula is C17H14N2O2. The van der Waals surface area contributed by atoms with Crippen LogP contribution in [0.4, 0.5) is 0 Å². The molecule has 2 aromatic carbocycles. The summed E-state index contributed by atoms with van der Waals surface area (Å²) in [4.78, 5) is 11.4. The highest BCUT2D eigenvalue weighted by Gasteiger charge is 2.13. The molecule has 1 heterocycles. The second kappa shape index (κ2) is 5.63. The molecule has 0 aliphatic heterocycles. The van der Waals surface area contributed by atoms with Crippen LogP contribution >= 0.6 is 0 Å². The number of benzene rings is 2. The number of carbonyl (C=O) groups excluding carboxylic acids is 1. The molecule has 3 rings (SSSR count). The van der Waals surface area contributed by atoms with Crippen molar-refractivity contribution in [3.63, 3.8) is 0 Å². The minimum atomic E-state index is -0.330. The summed E-state index contributed by atoms with van der Waals surface area (Å²) in [6.07, 6.45) is 4.50. The van der Waals surface area contributed by atoms with E-state index in [4.69, 9.17) is 0 Å². The van der Waals surface area contributed by atoms with Gasteiger partial charge in [0.1, 0.15) is 12.0 Å². The number of hydrogen-bond donors (Lipinski definition) is 2. The highest BCUT2D eigenvalue weighted by molar-refractivity contribution is 5.70. The molecule has 0 aliphatic rings. The van der Waals surface area contributed by atoms with Crippen LogP contribution in [0.25, 0.3) is 11.1 Å². The van der Waals surface area contributed by atoms with Gasteiger partial charge in [-0.05, 0) is 28.8 Å². The standard InChI is InChI=1S/C17H14N2O2/c20-11-17(14-5-7-16(21)8-6-14)13-3-1-12(2-4-13)15-9-18-19-10-15/h1-11,17,21H,(H,18,19). The van der Waals surface area contributed by atoms with E-state index >= 15 is 0 Å². The molecule has 3 aromatic rings. The molecule has 0 amide bonds. The molecule has 1 aromatic heterocycles. The minimum Gasteiger partial charge on any atom is -0.508 e. The molecule has 0 radical (unpaired) electrons. The summed E-state index contributed by atoms with van der Waals surface area (Å²) in [5, 5.41) is 16.0. The maximum Gasteiger partial charge on any atom is 0.131 e. The topological polar surface area (TPSA) is 66.0 Å². The predicted octanol–water partition coefficient (Wildman–Crippen LogP) is 3.11. The van der Waals surface area contributed by atoms with Gasteiger partial charge in [-0.2, -0.15) is 5.10 Å². The zero-order chi connectivity index (χ0) is 14.7. The molecule has 4 nitrogen and oxygen atoms in total. The summed E-state index contributed by atoms with van der Waals surface area (Å²) < 4.78 is 0. The number of carbonyl (C=O) groups is 1. The third kappa shape index (κ3) is 2.69. The van der Waals surface area contributed by atoms with Crippen molar-refractivity contribution >= 4 is 6.29 Å². The van der Waals surface area contributed by atoms with Crippen LogP contribution < -0.4 is 0 Å². The van der Waals surface area contributed by atoms with Gasteiger partial charge in [0.05, 0.1) is 12.1 Å². The molecule has 1 atom stereocenters. The zero-order valence-electron chi connectivity index (χ0n) is 11.2. The number of phenolic OH excluding ortho intramolecular Hbond substituents is 1. The van der Waals surface area contributed by atoms with Gasteiger partial charge in [-0.15, -0.1) is 0 Å². The van der Waals surface area contributed by atoms with Crippen LogP contribution in [-0.2, 0) is 4.79 Å². The Kier molecular flexibility index (Phi) is 3.51. The SMILES string of the molecule is O=CC(c1ccc(O)cc1)c1ccc(-c2cn[nH]c2)cc1. The fraction of sp³-hybridized carbons (Fsp3) is 0.0588. The van der Waals surface area contributed by atoms with Crippen molar-refractivity contribution in [1.29, 1.82) is 0 Å². The van der Waals surface area contributed by atoms with Gasteiger partial charge in [-0.3, -0.25) is 5.10 Å². The second-order valence-electron chi connectivity index (χ2n) is 4.81. The first-order valence-corrected chi connectivity index (χ1v) is 6.61. The number of aldehydes is 1. The van der Waals surface area contributed by atoms with Crippen LogP contribution in [0.2, 0.25) is 0 Å². The molecule has 1 unspecified atom stereocenters. The maximum absolute atomic E-state index is 11.4. The Hall–Kier alpha value is -2.88. The number of aromatic hydroxyl groups is 1. The fourth-order valence-electron chi connectivity index (χ4n) is 2.32. The lowest BCUT2D eigenvalue weighted by molar-refractivity contribution is -0.108. The van der Waals surface area contributed by atoms with Gasteiger partial charge in [0.15, 0.2) is 0 Å². The number of nitrogens with zero attached hydrogens (tertiary/aromatic N) is 1. The van der Waals surface area contributed by atoms with Gasteiger partial charge in [-0.1, -0.05) is 36.4 Å². The number of nitrogens with one attached hydrogen (secondary N) is 1. The van der Waals surface area contributed by atoms with Crippen LogP contribution in [0.3, 0.4) is 0 Å².